The number of oxime groups is 1. The first kappa shape index (κ1) is 12.5. The van der Waals surface area contributed by atoms with Crippen LogP contribution in [0.1, 0.15) is 31.9 Å². The van der Waals surface area contributed by atoms with E-state index in [0.29, 0.717) is 12.2 Å². The average Bonchev–Trinajstić information content (AvgIpc) is 2.25. The van der Waals surface area contributed by atoms with Crippen molar-refractivity contribution in [3.8, 4) is 0 Å². The average molecular weight is 222 g/mol. The van der Waals surface area contributed by atoms with E-state index in [1.807, 2.05) is 32.9 Å². The largest absolute Gasteiger partial charge is 0.409 e. The highest BCUT2D eigenvalue weighted by Crippen LogP contribution is 2.12. The number of benzene rings is 1. The van der Waals surface area contributed by atoms with Gasteiger partial charge in [0.2, 0.25) is 0 Å². The minimum atomic E-state index is -0.149. The quantitative estimate of drug-likeness (QED) is 0.356. The van der Waals surface area contributed by atoms with E-state index < -0.39 is 0 Å². The molecule has 0 bridgehead atoms. The van der Waals surface area contributed by atoms with Gasteiger partial charge in [-0.25, -0.2) is 0 Å². The van der Waals surface area contributed by atoms with Crippen molar-refractivity contribution in [2.45, 2.75) is 33.0 Å². The van der Waals surface area contributed by atoms with Crippen LogP contribution in [0.3, 0.4) is 0 Å². The highest BCUT2D eigenvalue weighted by Gasteiger charge is 2.09. The van der Waals surface area contributed by atoms with Gasteiger partial charge in [0, 0.05) is 5.56 Å². The number of nitrogens with zero attached hydrogens (tertiary/aromatic N) is 1. The Balaban J connectivity index is 2.65. The fraction of sp³-hybridized carbons (Fsp3) is 0.417. The van der Waals surface area contributed by atoms with Crippen molar-refractivity contribution in [2.24, 2.45) is 10.9 Å². The molecule has 0 atom stereocenters. The minimum absolute atomic E-state index is 0.114. The maximum Gasteiger partial charge on any atom is 0.170 e. The van der Waals surface area contributed by atoms with Gasteiger partial charge in [0.1, 0.15) is 0 Å². The Morgan fingerprint density at radius 1 is 1.31 bits per heavy atom. The van der Waals surface area contributed by atoms with Crippen LogP contribution in [0, 0.1) is 0 Å². The summed E-state index contributed by atoms with van der Waals surface area (Å²) in [5.74, 6) is 0.114. The SMILES string of the molecule is CC(C)(C)OCc1ccc(/C(N)=N/O)cc1. The zero-order chi connectivity index (χ0) is 12.2. The van der Waals surface area contributed by atoms with Crippen molar-refractivity contribution in [3.05, 3.63) is 35.4 Å². The molecule has 0 radical (unpaired) electrons. The molecule has 0 heterocycles. The van der Waals surface area contributed by atoms with Gasteiger partial charge in [0.25, 0.3) is 0 Å². The summed E-state index contributed by atoms with van der Waals surface area (Å²) in [4.78, 5) is 0. The van der Waals surface area contributed by atoms with Crippen molar-refractivity contribution in [3.63, 3.8) is 0 Å². The molecule has 0 aliphatic carbocycles. The molecular formula is C12H18N2O2. The zero-order valence-corrected chi connectivity index (χ0v) is 9.90. The first-order valence-corrected chi connectivity index (χ1v) is 5.13. The summed E-state index contributed by atoms with van der Waals surface area (Å²) in [5, 5.41) is 11.4. The molecule has 16 heavy (non-hydrogen) atoms. The molecule has 0 amide bonds. The summed E-state index contributed by atoms with van der Waals surface area (Å²) in [6, 6.07) is 7.41. The van der Waals surface area contributed by atoms with Gasteiger partial charge in [-0.3, -0.25) is 0 Å². The maximum absolute atomic E-state index is 8.51. The lowest BCUT2D eigenvalue weighted by molar-refractivity contribution is -0.0149. The van der Waals surface area contributed by atoms with Crippen LogP contribution < -0.4 is 5.73 Å². The molecule has 0 aliphatic heterocycles. The predicted octanol–water partition coefficient (Wildman–Crippen LogP) is 2.10. The summed E-state index contributed by atoms with van der Waals surface area (Å²) in [5.41, 5.74) is 7.06. The lowest BCUT2D eigenvalue weighted by Gasteiger charge is -2.19. The number of amidine groups is 1. The highest BCUT2D eigenvalue weighted by molar-refractivity contribution is 5.96. The first-order valence-electron chi connectivity index (χ1n) is 5.13. The number of hydrogen-bond acceptors (Lipinski definition) is 3. The molecule has 3 N–H and O–H groups in total. The Morgan fingerprint density at radius 2 is 1.88 bits per heavy atom. The minimum Gasteiger partial charge on any atom is -0.409 e. The Labute approximate surface area is 95.7 Å². The predicted molar refractivity (Wildman–Crippen MR) is 63.5 cm³/mol. The van der Waals surface area contributed by atoms with E-state index in [1.165, 1.54) is 0 Å². The molecule has 1 rings (SSSR count). The van der Waals surface area contributed by atoms with Gasteiger partial charge in [-0.1, -0.05) is 29.4 Å². The number of rotatable bonds is 3. The van der Waals surface area contributed by atoms with E-state index >= 15 is 0 Å². The van der Waals surface area contributed by atoms with E-state index in [0.717, 1.165) is 5.56 Å². The van der Waals surface area contributed by atoms with Gasteiger partial charge in [-0.05, 0) is 26.3 Å². The zero-order valence-electron chi connectivity index (χ0n) is 9.90. The maximum atomic E-state index is 8.51. The third-order valence-electron chi connectivity index (χ3n) is 2.03. The lowest BCUT2D eigenvalue weighted by atomic mass is 10.1. The standard InChI is InChI=1S/C12H18N2O2/c1-12(2,3)16-8-9-4-6-10(7-5-9)11(13)14-15/h4-7,15H,8H2,1-3H3,(H2,13,14). The Bertz CT molecular complexity index is 364. The second-order valence-corrected chi connectivity index (χ2v) is 4.58. The van der Waals surface area contributed by atoms with Gasteiger partial charge in [-0.2, -0.15) is 0 Å². The van der Waals surface area contributed by atoms with E-state index in [4.69, 9.17) is 15.7 Å². The molecule has 0 saturated heterocycles. The molecule has 0 saturated carbocycles. The van der Waals surface area contributed by atoms with Gasteiger partial charge in [-0.15, -0.1) is 0 Å². The van der Waals surface area contributed by atoms with Gasteiger partial charge >= 0.3 is 0 Å². The molecule has 0 fully saturated rings. The molecule has 0 spiro atoms. The summed E-state index contributed by atoms with van der Waals surface area (Å²) >= 11 is 0. The van der Waals surface area contributed by atoms with Crippen LogP contribution in [0.5, 0.6) is 0 Å². The molecule has 4 heteroatoms. The second-order valence-electron chi connectivity index (χ2n) is 4.58. The molecular weight excluding hydrogens is 204 g/mol. The second kappa shape index (κ2) is 4.99. The molecule has 0 aliphatic rings. The van der Waals surface area contributed by atoms with Crippen LogP contribution in [0.2, 0.25) is 0 Å². The molecule has 4 nitrogen and oxygen atoms in total. The molecule has 1 aromatic rings. The summed E-state index contributed by atoms with van der Waals surface area (Å²) < 4.78 is 5.63. The molecule has 0 aromatic heterocycles. The Hall–Kier alpha value is -1.55. The van der Waals surface area contributed by atoms with Crippen LogP contribution >= 0.6 is 0 Å². The van der Waals surface area contributed by atoms with Crippen molar-refractivity contribution < 1.29 is 9.94 Å². The molecule has 1 aromatic carbocycles. The smallest absolute Gasteiger partial charge is 0.170 e. The highest BCUT2D eigenvalue weighted by atomic mass is 16.5. The van der Waals surface area contributed by atoms with E-state index in [1.54, 1.807) is 12.1 Å². The first-order chi connectivity index (χ1) is 7.42. The van der Waals surface area contributed by atoms with E-state index in [9.17, 15) is 0 Å². The Morgan fingerprint density at radius 3 is 2.31 bits per heavy atom. The summed E-state index contributed by atoms with van der Waals surface area (Å²) in [6.45, 7) is 6.59. The normalized spacial score (nSPS) is 12.8. The van der Waals surface area contributed by atoms with Crippen LogP contribution in [0.25, 0.3) is 0 Å². The van der Waals surface area contributed by atoms with Crippen LogP contribution in [0.4, 0.5) is 0 Å². The van der Waals surface area contributed by atoms with Crippen molar-refractivity contribution in [2.75, 3.05) is 0 Å². The third kappa shape index (κ3) is 3.90. The summed E-state index contributed by atoms with van der Waals surface area (Å²) in [6.07, 6.45) is 0. The Kier molecular flexibility index (Phi) is 3.90. The van der Waals surface area contributed by atoms with E-state index in [2.05, 4.69) is 5.16 Å². The van der Waals surface area contributed by atoms with Crippen LogP contribution in [-0.2, 0) is 11.3 Å². The van der Waals surface area contributed by atoms with Crippen molar-refractivity contribution >= 4 is 5.84 Å². The monoisotopic (exact) mass is 222 g/mol. The number of ether oxygens (including phenoxy) is 1. The topological polar surface area (TPSA) is 67.8 Å². The number of nitrogens with two attached hydrogens (primary N) is 1. The van der Waals surface area contributed by atoms with Crippen molar-refractivity contribution in [1.82, 2.24) is 0 Å². The van der Waals surface area contributed by atoms with Crippen LogP contribution in [0.15, 0.2) is 29.4 Å². The fourth-order valence-electron chi connectivity index (χ4n) is 1.13. The van der Waals surface area contributed by atoms with Crippen LogP contribution in [-0.4, -0.2) is 16.6 Å². The van der Waals surface area contributed by atoms with Crippen molar-refractivity contribution in [1.29, 1.82) is 0 Å². The fourth-order valence-corrected chi connectivity index (χ4v) is 1.13. The third-order valence-corrected chi connectivity index (χ3v) is 2.03. The summed E-state index contributed by atoms with van der Waals surface area (Å²) in [7, 11) is 0. The molecule has 0 unspecified atom stereocenters. The van der Waals surface area contributed by atoms with E-state index in [-0.39, 0.29) is 11.4 Å². The van der Waals surface area contributed by atoms with Gasteiger partial charge in [0.05, 0.1) is 12.2 Å². The molecule has 88 valence electrons. The van der Waals surface area contributed by atoms with Gasteiger partial charge in [0.15, 0.2) is 5.84 Å². The van der Waals surface area contributed by atoms with Gasteiger partial charge < -0.3 is 15.7 Å². The lowest BCUT2D eigenvalue weighted by Crippen LogP contribution is -2.18. The number of hydrogen-bond donors (Lipinski definition) is 2.